The van der Waals surface area contributed by atoms with Crippen LogP contribution in [-0.4, -0.2) is 19.8 Å². The maximum Gasteiger partial charge on any atom is 0.416 e. The van der Waals surface area contributed by atoms with E-state index in [4.69, 9.17) is 4.74 Å². The van der Waals surface area contributed by atoms with Crippen molar-refractivity contribution in [1.29, 1.82) is 0 Å². The zero-order valence-corrected chi connectivity index (χ0v) is 12.3. The Morgan fingerprint density at radius 1 is 1.26 bits per heavy atom. The molecule has 0 atom stereocenters. The highest BCUT2D eigenvalue weighted by atomic mass is 79.9. The van der Waals surface area contributed by atoms with Gasteiger partial charge in [-0.2, -0.15) is 13.2 Å². The van der Waals surface area contributed by atoms with Gasteiger partial charge in [0.25, 0.3) is 0 Å². The van der Waals surface area contributed by atoms with Crippen molar-refractivity contribution in [2.24, 2.45) is 0 Å². The van der Waals surface area contributed by atoms with Gasteiger partial charge in [0.15, 0.2) is 0 Å². The largest absolute Gasteiger partial charge is 0.416 e. The Labute approximate surface area is 119 Å². The van der Waals surface area contributed by atoms with Gasteiger partial charge in [-0.1, -0.05) is 13.3 Å². The summed E-state index contributed by atoms with van der Waals surface area (Å²) in [6, 6.07) is 3.55. The van der Waals surface area contributed by atoms with Crippen molar-refractivity contribution in [3.05, 3.63) is 28.2 Å². The van der Waals surface area contributed by atoms with Gasteiger partial charge < -0.3 is 10.1 Å². The molecule has 1 N–H and O–H groups in total. The number of rotatable bonds is 7. The Morgan fingerprint density at radius 3 is 2.58 bits per heavy atom. The first-order chi connectivity index (χ1) is 8.95. The van der Waals surface area contributed by atoms with E-state index >= 15 is 0 Å². The summed E-state index contributed by atoms with van der Waals surface area (Å²) in [6.45, 7) is 3.90. The monoisotopic (exact) mass is 339 g/mol. The summed E-state index contributed by atoms with van der Waals surface area (Å²) in [7, 11) is 0. The summed E-state index contributed by atoms with van der Waals surface area (Å²) in [6.07, 6.45) is -2.22. The van der Waals surface area contributed by atoms with Gasteiger partial charge in [-0.05, 0) is 40.5 Å². The molecule has 0 saturated carbocycles. The molecular formula is C13H17BrF3NO. The quantitative estimate of drug-likeness (QED) is 0.727. The van der Waals surface area contributed by atoms with Crippen molar-refractivity contribution in [2.75, 3.05) is 25.1 Å². The average Bonchev–Trinajstić information content (AvgIpc) is 2.34. The lowest BCUT2D eigenvalue weighted by Gasteiger charge is -2.12. The number of alkyl halides is 3. The van der Waals surface area contributed by atoms with Gasteiger partial charge in [0.05, 0.1) is 12.2 Å². The van der Waals surface area contributed by atoms with Crippen LogP contribution in [0.2, 0.25) is 0 Å². The molecule has 0 aliphatic carbocycles. The van der Waals surface area contributed by atoms with Crippen LogP contribution in [0.15, 0.2) is 22.7 Å². The minimum atomic E-state index is -4.32. The average molecular weight is 340 g/mol. The molecule has 0 aromatic heterocycles. The predicted molar refractivity (Wildman–Crippen MR) is 73.4 cm³/mol. The molecule has 19 heavy (non-hydrogen) atoms. The fourth-order valence-corrected chi connectivity index (χ4v) is 1.96. The molecule has 0 bridgehead atoms. The highest BCUT2D eigenvalue weighted by Crippen LogP contribution is 2.33. The van der Waals surface area contributed by atoms with E-state index in [0.29, 0.717) is 29.9 Å². The minimum absolute atomic E-state index is 0.399. The molecule has 1 rings (SSSR count). The van der Waals surface area contributed by atoms with Crippen LogP contribution in [0.1, 0.15) is 25.3 Å². The van der Waals surface area contributed by atoms with E-state index in [2.05, 4.69) is 28.2 Å². The highest BCUT2D eigenvalue weighted by Gasteiger charge is 2.30. The van der Waals surface area contributed by atoms with Gasteiger partial charge in [0.2, 0.25) is 0 Å². The molecule has 1 aromatic rings. The Morgan fingerprint density at radius 2 is 2.00 bits per heavy atom. The SMILES string of the molecule is CCCCOCCNc1ccc(C(F)(F)F)cc1Br. The van der Waals surface area contributed by atoms with Gasteiger partial charge in [-0.3, -0.25) is 0 Å². The van der Waals surface area contributed by atoms with E-state index in [1.807, 2.05) is 0 Å². The molecule has 0 unspecified atom stereocenters. The molecule has 0 aliphatic rings. The van der Waals surface area contributed by atoms with Crippen molar-refractivity contribution in [3.8, 4) is 0 Å². The second kappa shape index (κ2) is 7.75. The minimum Gasteiger partial charge on any atom is -0.382 e. The van der Waals surface area contributed by atoms with Crippen LogP contribution in [0.5, 0.6) is 0 Å². The van der Waals surface area contributed by atoms with E-state index < -0.39 is 11.7 Å². The van der Waals surface area contributed by atoms with Gasteiger partial charge in [0, 0.05) is 23.3 Å². The number of hydrogen-bond acceptors (Lipinski definition) is 2. The zero-order valence-electron chi connectivity index (χ0n) is 10.7. The van der Waals surface area contributed by atoms with Crippen molar-refractivity contribution < 1.29 is 17.9 Å². The second-order valence-corrected chi connectivity index (χ2v) is 4.94. The molecule has 0 spiro atoms. The van der Waals surface area contributed by atoms with Crippen LogP contribution in [-0.2, 0) is 10.9 Å². The number of benzene rings is 1. The van der Waals surface area contributed by atoms with E-state index in [-0.39, 0.29) is 0 Å². The Kier molecular flexibility index (Phi) is 6.65. The number of halogens is 4. The molecule has 0 amide bonds. The topological polar surface area (TPSA) is 21.3 Å². The third-order valence-electron chi connectivity index (χ3n) is 2.50. The number of ether oxygens (including phenoxy) is 1. The zero-order chi connectivity index (χ0) is 14.3. The molecule has 0 heterocycles. The lowest BCUT2D eigenvalue weighted by molar-refractivity contribution is -0.137. The summed E-state index contributed by atoms with van der Waals surface area (Å²) in [4.78, 5) is 0. The molecule has 0 radical (unpaired) electrons. The van der Waals surface area contributed by atoms with Crippen LogP contribution < -0.4 is 5.32 Å². The summed E-state index contributed by atoms with van der Waals surface area (Å²) < 4.78 is 43.1. The first kappa shape index (κ1) is 16.3. The fraction of sp³-hybridized carbons (Fsp3) is 0.538. The van der Waals surface area contributed by atoms with E-state index in [1.54, 1.807) is 0 Å². The maximum atomic E-state index is 12.5. The standard InChI is InChI=1S/C13H17BrF3NO/c1-2-3-7-19-8-6-18-12-5-4-10(9-11(12)14)13(15,16)17/h4-5,9,18H,2-3,6-8H2,1H3. The van der Waals surface area contributed by atoms with Crippen LogP contribution in [0.4, 0.5) is 18.9 Å². The number of unbranched alkanes of at least 4 members (excludes halogenated alkanes) is 1. The molecular weight excluding hydrogens is 323 g/mol. The van der Waals surface area contributed by atoms with E-state index in [1.165, 1.54) is 6.07 Å². The first-order valence-electron chi connectivity index (χ1n) is 6.13. The number of nitrogens with one attached hydrogen (secondary N) is 1. The highest BCUT2D eigenvalue weighted by molar-refractivity contribution is 9.10. The normalized spacial score (nSPS) is 11.6. The van der Waals surface area contributed by atoms with Crippen LogP contribution >= 0.6 is 15.9 Å². The summed E-state index contributed by atoms with van der Waals surface area (Å²) in [5.41, 5.74) is -0.0313. The number of hydrogen-bond donors (Lipinski definition) is 1. The second-order valence-electron chi connectivity index (χ2n) is 4.09. The molecule has 0 aliphatic heterocycles. The fourth-order valence-electron chi connectivity index (χ4n) is 1.44. The van der Waals surface area contributed by atoms with Crippen LogP contribution in [0.3, 0.4) is 0 Å². The predicted octanol–water partition coefficient (Wildman–Crippen LogP) is 4.70. The van der Waals surface area contributed by atoms with Gasteiger partial charge >= 0.3 is 6.18 Å². The van der Waals surface area contributed by atoms with Crippen molar-refractivity contribution in [3.63, 3.8) is 0 Å². The molecule has 0 saturated heterocycles. The summed E-state index contributed by atoms with van der Waals surface area (Å²) in [5.74, 6) is 0. The van der Waals surface area contributed by atoms with Gasteiger partial charge in [-0.25, -0.2) is 0 Å². The number of anilines is 1. The third-order valence-corrected chi connectivity index (χ3v) is 3.16. The smallest absolute Gasteiger partial charge is 0.382 e. The first-order valence-corrected chi connectivity index (χ1v) is 6.92. The lowest BCUT2D eigenvalue weighted by Crippen LogP contribution is -2.11. The molecule has 2 nitrogen and oxygen atoms in total. The summed E-state index contributed by atoms with van der Waals surface area (Å²) in [5, 5.41) is 3.03. The van der Waals surface area contributed by atoms with E-state index in [9.17, 15) is 13.2 Å². The molecule has 1 aromatic carbocycles. The Hall–Kier alpha value is -0.750. The third kappa shape index (κ3) is 5.82. The van der Waals surface area contributed by atoms with E-state index in [0.717, 1.165) is 25.0 Å². The van der Waals surface area contributed by atoms with Crippen molar-refractivity contribution in [2.45, 2.75) is 25.9 Å². The van der Waals surface area contributed by atoms with Gasteiger partial charge in [-0.15, -0.1) is 0 Å². The molecule has 108 valence electrons. The molecule has 0 fully saturated rings. The van der Waals surface area contributed by atoms with Crippen LogP contribution in [0, 0.1) is 0 Å². The Balaban J connectivity index is 2.43. The van der Waals surface area contributed by atoms with Crippen LogP contribution in [0.25, 0.3) is 0 Å². The lowest BCUT2D eigenvalue weighted by atomic mass is 10.2. The van der Waals surface area contributed by atoms with Gasteiger partial charge in [0.1, 0.15) is 0 Å². The summed E-state index contributed by atoms with van der Waals surface area (Å²) >= 11 is 3.13. The Bertz CT molecular complexity index is 396. The van der Waals surface area contributed by atoms with Crippen molar-refractivity contribution >= 4 is 21.6 Å². The maximum absolute atomic E-state index is 12.5. The molecule has 6 heteroatoms. The van der Waals surface area contributed by atoms with Crippen molar-refractivity contribution in [1.82, 2.24) is 0 Å².